The number of hydrogen-bond donors (Lipinski definition) is 1. The van der Waals surface area contributed by atoms with Crippen LogP contribution in [0.2, 0.25) is 0 Å². The van der Waals surface area contributed by atoms with Gasteiger partial charge in [0.05, 0.1) is 15.5 Å². The fourth-order valence-corrected chi connectivity index (χ4v) is 5.27. The van der Waals surface area contributed by atoms with E-state index < -0.39 is 9.84 Å². The third-order valence-electron chi connectivity index (χ3n) is 4.60. The van der Waals surface area contributed by atoms with Gasteiger partial charge in [-0.25, -0.2) is 13.4 Å². The number of thiazole rings is 1. The summed E-state index contributed by atoms with van der Waals surface area (Å²) in [5, 5.41) is 6.50. The molecule has 0 aliphatic carbocycles. The first kappa shape index (κ1) is 18.2. The second kappa shape index (κ2) is 7.80. The van der Waals surface area contributed by atoms with Crippen LogP contribution in [0.25, 0.3) is 0 Å². The highest BCUT2D eigenvalue weighted by Crippen LogP contribution is 2.24. The van der Waals surface area contributed by atoms with Crippen LogP contribution >= 0.6 is 11.3 Å². The second-order valence-electron chi connectivity index (χ2n) is 6.50. The van der Waals surface area contributed by atoms with Crippen LogP contribution in [-0.4, -0.2) is 39.6 Å². The Kier molecular flexibility index (Phi) is 5.24. The quantitative estimate of drug-likeness (QED) is 0.715. The van der Waals surface area contributed by atoms with Crippen molar-refractivity contribution in [2.75, 3.05) is 31.1 Å². The highest BCUT2D eigenvalue weighted by Gasteiger charge is 2.17. The van der Waals surface area contributed by atoms with Crippen LogP contribution in [0.15, 0.2) is 69.8 Å². The summed E-state index contributed by atoms with van der Waals surface area (Å²) in [5.41, 5.74) is 2.08. The minimum atomic E-state index is -3.47. The third kappa shape index (κ3) is 4.05. The minimum Gasteiger partial charge on any atom is -0.346 e. The van der Waals surface area contributed by atoms with Crippen molar-refractivity contribution in [2.24, 2.45) is 0 Å². The maximum atomic E-state index is 12.7. The van der Waals surface area contributed by atoms with E-state index >= 15 is 0 Å². The summed E-state index contributed by atoms with van der Waals surface area (Å²) in [4.78, 5) is 7.69. The molecule has 1 aliphatic heterocycles. The van der Waals surface area contributed by atoms with Crippen LogP contribution < -0.4 is 10.2 Å². The largest absolute Gasteiger partial charge is 0.346 e. The molecular formula is C20H21N3O2S2. The molecule has 0 amide bonds. The first-order valence-corrected chi connectivity index (χ1v) is 11.3. The first-order valence-electron chi connectivity index (χ1n) is 8.92. The molecule has 1 saturated heterocycles. The minimum absolute atomic E-state index is 0.317. The second-order valence-corrected chi connectivity index (χ2v) is 9.28. The average molecular weight is 400 g/mol. The van der Waals surface area contributed by atoms with E-state index in [1.165, 1.54) is 0 Å². The summed E-state index contributed by atoms with van der Waals surface area (Å²) in [6.45, 7) is 3.95. The van der Waals surface area contributed by atoms with Crippen LogP contribution in [0.1, 0.15) is 11.3 Å². The highest BCUT2D eigenvalue weighted by molar-refractivity contribution is 7.91. The Morgan fingerprint density at radius 2 is 1.63 bits per heavy atom. The molecule has 5 nitrogen and oxygen atoms in total. The molecule has 3 aromatic rings. The van der Waals surface area contributed by atoms with Crippen molar-refractivity contribution in [2.45, 2.75) is 16.2 Å². The molecule has 1 aromatic heterocycles. The van der Waals surface area contributed by atoms with E-state index in [1.54, 1.807) is 47.7 Å². The lowest BCUT2D eigenvalue weighted by Crippen LogP contribution is -2.43. The van der Waals surface area contributed by atoms with Gasteiger partial charge in [0.25, 0.3) is 0 Å². The molecule has 7 heteroatoms. The van der Waals surface area contributed by atoms with Crippen molar-refractivity contribution >= 4 is 26.3 Å². The number of benzene rings is 2. The van der Waals surface area contributed by atoms with Gasteiger partial charge in [-0.3, -0.25) is 0 Å². The smallest absolute Gasteiger partial charge is 0.206 e. The van der Waals surface area contributed by atoms with Gasteiger partial charge in [-0.05, 0) is 29.8 Å². The molecule has 0 spiro atoms. The zero-order chi connectivity index (χ0) is 18.7. The van der Waals surface area contributed by atoms with Gasteiger partial charge in [0.2, 0.25) is 9.84 Å². The molecule has 27 heavy (non-hydrogen) atoms. The van der Waals surface area contributed by atoms with E-state index in [4.69, 9.17) is 4.98 Å². The predicted octanol–water partition coefficient (Wildman–Crippen LogP) is 2.98. The van der Waals surface area contributed by atoms with Crippen molar-refractivity contribution in [3.63, 3.8) is 0 Å². The van der Waals surface area contributed by atoms with Crippen molar-refractivity contribution in [3.8, 4) is 0 Å². The Morgan fingerprint density at radius 3 is 2.33 bits per heavy atom. The topological polar surface area (TPSA) is 62.3 Å². The van der Waals surface area contributed by atoms with Gasteiger partial charge in [-0.1, -0.05) is 30.3 Å². The van der Waals surface area contributed by atoms with E-state index in [-0.39, 0.29) is 0 Å². The number of anilines is 1. The molecule has 140 valence electrons. The van der Waals surface area contributed by atoms with Crippen LogP contribution in [0.5, 0.6) is 0 Å². The summed E-state index contributed by atoms with van der Waals surface area (Å²) in [6.07, 6.45) is 0.703. The maximum Gasteiger partial charge on any atom is 0.206 e. The molecule has 0 atom stereocenters. The van der Waals surface area contributed by atoms with Gasteiger partial charge in [0.15, 0.2) is 5.13 Å². The number of aromatic nitrogens is 1. The lowest BCUT2D eigenvalue weighted by molar-refractivity contribution is 0.588. The van der Waals surface area contributed by atoms with Gasteiger partial charge in [-0.15, -0.1) is 11.3 Å². The standard InChI is InChI=1S/C20H21N3O2S2/c24-27(25,18-4-2-1-3-5-18)19-8-6-16(7-9-19)14-17-15-26-20(22-17)23-12-10-21-11-13-23/h1-9,15,21H,10-14H2. The zero-order valence-corrected chi connectivity index (χ0v) is 16.5. The van der Waals surface area contributed by atoms with Gasteiger partial charge in [-0.2, -0.15) is 0 Å². The van der Waals surface area contributed by atoms with E-state index in [9.17, 15) is 8.42 Å². The molecule has 0 radical (unpaired) electrons. The Balaban J connectivity index is 1.48. The lowest BCUT2D eigenvalue weighted by Gasteiger charge is -2.26. The Hall–Kier alpha value is -2.22. The Morgan fingerprint density at radius 1 is 0.963 bits per heavy atom. The number of sulfone groups is 1. The molecular weight excluding hydrogens is 378 g/mol. The van der Waals surface area contributed by atoms with Crippen molar-refractivity contribution < 1.29 is 8.42 Å². The molecule has 1 fully saturated rings. The number of piperazine rings is 1. The van der Waals surface area contributed by atoms with Crippen LogP contribution in [0, 0.1) is 0 Å². The van der Waals surface area contributed by atoms with Crippen molar-refractivity contribution in [1.29, 1.82) is 0 Å². The maximum absolute atomic E-state index is 12.7. The number of hydrogen-bond acceptors (Lipinski definition) is 6. The Labute approximate surface area is 163 Å². The molecule has 0 bridgehead atoms. The first-order chi connectivity index (χ1) is 13.1. The number of nitrogens with zero attached hydrogens (tertiary/aromatic N) is 2. The number of nitrogens with one attached hydrogen (secondary N) is 1. The van der Waals surface area contributed by atoms with Gasteiger partial charge < -0.3 is 10.2 Å². The molecule has 0 unspecified atom stereocenters. The molecule has 1 aliphatic rings. The highest BCUT2D eigenvalue weighted by atomic mass is 32.2. The van der Waals surface area contributed by atoms with Crippen LogP contribution in [0.3, 0.4) is 0 Å². The number of rotatable bonds is 5. The van der Waals surface area contributed by atoms with Crippen LogP contribution in [-0.2, 0) is 16.3 Å². The molecule has 4 rings (SSSR count). The van der Waals surface area contributed by atoms with E-state index in [0.29, 0.717) is 16.2 Å². The average Bonchev–Trinajstić information content (AvgIpc) is 3.18. The molecule has 1 N–H and O–H groups in total. The summed E-state index contributed by atoms with van der Waals surface area (Å²) in [7, 11) is -3.47. The van der Waals surface area contributed by atoms with E-state index in [1.807, 2.05) is 18.2 Å². The van der Waals surface area contributed by atoms with Crippen LogP contribution in [0.4, 0.5) is 5.13 Å². The van der Waals surface area contributed by atoms with Crippen molar-refractivity contribution in [3.05, 3.63) is 71.2 Å². The normalized spacial score (nSPS) is 15.0. The predicted molar refractivity (Wildman–Crippen MR) is 108 cm³/mol. The fraction of sp³-hybridized carbons (Fsp3) is 0.250. The fourth-order valence-electron chi connectivity index (χ4n) is 3.11. The summed E-state index contributed by atoms with van der Waals surface area (Å²) >= 11 is 1.67. The monoisotopic (exact) mass is 399 g/mol. The van der Waals surface area contributed by atoms with Gasteiger partial charge in [0.1, 0.15) is 0 Å². The van der Waals surface area contributed by atoms with E-state index in [0.717, 1.165) is 42.6 Å². The molecule has 0 saturated carbocycles. The summed E-state index contributed by atoms with van der Waals surface area (Å²) in [6, 6.07) is 15.6. The zero-order valence-electron chi connectivity index (χ0n) is 14.8. The lowest BCUT2D eigenvalue weighted by atomic mass is 10.1. The Bertz CT molecular complexity index is 993. The SMILES string of the molecule is O=S(=O)(c1ccccc1)c1ccc(Cc2csc(N3CCNCC3)n2)cc1. The van der Waals surface area contributed by atoms with Gasteiger partial charge >= 0.3 is 0 Å². The summed E-state index contributed by atoms with van der Waals surface area (Å²) < 4.78 is 25.3. The van der Waals surface area contributed by atoms with Crippen molar-refractivity contribution in [1.82, 2.24) is 10.3 Å². The van der Waals surface area contributed by atoms with E-state index in [2.05, 4.69) is 15.6 Å². The molecule has 2 heterocycles. The van der Waals surface area contributed by atoms with Gasteiger partial charge in [0, 0.05) is 38.0 Å². The molecule has 2 aromatic carbocycles. The third-order valence-corrected chi connectivity index (χ3v) is 7.34. The summed E-state index contributed by atoms with van der Waals surface area (Å²) in [5.74, 6) is 0.